The first kappa shape index (κ1) is 14.4. The van der Waals surface area contributed by atoms with Crippen molar-refractivity contribution in [3.63, 3.8) is 0 Å². The fourth-order valence-electron chi connectivity index (χ4n) is 1.57. The fraction of sp³-hybridized carbons (Fsp3) is 0.250. The van der Waals surface area contributed by atoms with Gasteiger partial charge in [0, 0.05) is 13.2 Å². The number of aromatic nitrogens is 2. The molecule has 2 rings (SSSR count). The van der Waals surface area contributed by atoms with E-state index in [1.807, 2.05) is 0 Å². The molecule has 20 heavy (non-hydrogen) atoms. The molecule has 0 atom stereocenters. The van der Waals surface area contributed by atoms with E-state index in [0.29, 0.717) is 11.4 Å². The molecule has 0 aliphatic carbocycles. The number of aryl methyl sites for hydroxylation is 1. The summed E-state index contributed by atoms with van der Waals surface area (Å²) in [7, 11) is -1.95. The average Bonchev–Trinajstić information content (AvgIpc) is 2.81. The van der Waals surface area contributed by atoms with Gasteiger partial charge in [-0.2, -0.15) is 5.10 Å². The first-order chi connectivity index (χ1) is 9.51. The Kier molecular flexibility index (Phi) is 4.26. The van der Waals surface area contributed by atoms with E-state index in [0.717, 1.165) is 0 Å². The van der Waals surface area contributed by atoms with Crippen molar-refractivity contribution in [3.05, 3.63) is 36.7 Å². The first-order valence-electron chi connectivity index (χ1n) is 5.86. The molecule has 7 nitrogen and oxygen atoms in total. The van der Waals surface area contributed by atoms with E-state index in [1.54, 1.807) is 13.2 Å². The maximum atomic E-state index is 12.1. The van der Waals surface area contributed by atoms with Gasteiger partial charge in [0.1, 0.15) is 12.4 Å². The Hall–Kier alpha value is -2.06. The number of benzene rings is 1. The van der Waals surface area contributed by atoms with Crippen LogP contribution in [0.3, 0.4) is 0 Å². The lowest BCUT2D eigenvalue weighted by Gasteiger charge is -2.07. The molecule has 8 heteroatoms. The second-order valence-corrected chi connectivity index (χ2v) is 5.73. The number of rotatable bonds is 6. The Bertz CT molecular complexity index is 664. The normalized spacial score (nSPS) is 11.3. The van der Waals surface area contributed by atoms with E-state index in [4.69, 9.17) is 9.84 Å². The van der Waals surface area contributed by atoms with Gasteiger partial charge in [-0.3, -0.25) is 9.40 Å². The summed E-state index contributed by atoms with van der Waals surface area (Å²) in [5, 5.41) is 12.5. The van der Waals surface area contributed by atoms with Gasteiger partial charge in [0.25, 0.3) is 10.0 Å². The highest BCUT2D eigenvalue weighted by atomic mass is 32.2. The first-order valence-corrected chi connectivity index (χ1v) is 7.35. The monoisotopic (exact) mass is 297 g/mol. The van der Waals surface area contributed by atoms with Crippen molar-refractivity contribution in [1.29, 1.82) is 0 Å². The molecular formula is C12H15N3O4S. The van der Waals surface area contributed by atoms with E-state index in [-0.39, 0.29) is 18.1 Å². The molecule has 0 spiro atoms. The molecule has 0 amide bonds. The van der Waals surface area contributed by atoms with Crippen LogP contribution in [-0.2, 0) is 17.1 Å². The Morgan fingerprint density at radius 3 is 2.60 bits per heavy atom. The minimum atomic E-state index is -3.65. The third-order valence-corrected chi connectivity index (χ3v) is 3.85. The zero-order valence-electron chi connectivity index (χ0n) is 10.9. The van der Waals surface area contributed by atoms with Crippen molar-refractivity contribution in [2.75, 3.05) is 17.9 Å². The van der Waals surface area contributed by atoms with Gasteiger partial charge in [-0.1, -0.05) is 0 Å². The quantitative estimate of drug-likeness (QED) is 0.814. The van der Waals surface area contributed by atoms with Gasteiger partial charge in [-0.05, 0) is 24.3 Å². The third-order valence-electron chi connectivity index (χ3n) is 2.45. The second kappa shape index (κ2) is 5.93. The molecule has 1 aromatic carbocycles. The molecule has 0 bridgehead atoms. The van der Waals surface area contributed by atoms with Crippen LogP contribution in [0, 0.1) is 0 Å². The molecule has 108 valence electrons. The van der Waals surface area contributed by atoms with E-state index in [9.17, 15) is 8.42 Å². The summed E-state index contributed by atoms with van der Waals surface area (Å²) in [6.07, 6.45) is 2.99. The summed E-state index contributed by atoms with van der Waals surface area (Å²) in [5.74, 6) is 0.499. The van der Waals surface area contributed by atoms with Gasteiger partial charge >= 0.3 is 0 Å². The minimum Gasteiger partial charge on any atom is -0.491 e. The number of aliphatic hydroxyl groups excluding tert-OH is 1. The maximum absolute atomic E-state index is 12.1. The molecule has 0 radical (unpaired) electrons. The van der Waals surface area contributed by atoms with Crippen LogP contribution in [0.4, 0.5) is 5.69 Å². The van der Waals surface area contributed by atoms with E-state index in [1.165, 1.54) is 35.1 Å². The van der Waals surface area contributed by atoms with Gasteiger partial charge in [0.05, 0.1) is 23.4 Å². The molecule has 0 aliphatic heterocycles. The molecule has 0 fully saturated rings. The van der Waals surface area contributed by atoms with Gasteiger partial charge in [-0.25, -0.2) is 8.42 Å². The number of anilines is 1. The average molecular weight is 297 g/mol. The van der Waals surface area contributed by atoms with Crippen molar-refractivity contribution >= 4 is 15.7 Å². The van der Waals surface area contributed by atoms with E-state index in [2.05, 4.69) is 9.82 Å². The van der Waals surface area contributed by atoms with E-state index >= 15 is 0 Å². The van der Waals surface area contributed by atoms with Gasteiger partial charge in [-0.15, -0.1) is 0 Å². The maximum Gasteiger partial charge on any atom is 0.261 e. The number of aliphatic hydroxyl groups is 1. The largest absolute Gasteiger partial charge is 0.491 e. The molecule has 0 saturated heterocycles. The molecule has 0 aliphatic rings. The summed E-state index contributed by atoms with van der Waals surface area (Å²) >= 11 is 0. The van der Waals surface area contributed by atoms with Crippen molar-refractivity contribution in [2.45, 2.75) is 4.90 Å². The lowest BCUT2D eigenvalue weighted by Crippen LogP contribution is -2.12. The molecule has 2 N–H and O–H groups in total. The highest BCUT2D eigenvalue weighted by Gasteiger charge is 2.14. The molecular weight excluding hydrogens is 282 g/mol. The predicted molar refractivity (Wildman–Crippen MR) is 73.0 cm³/mol. The fourth-order valence-corrected chi connectivity index (χ4v) is 2.59. The SMILES string of the molecule is Cn1cc(NS(=O)(=O)c2ccc(OCCO)cc2)cn1. The minimum absolute atomic E-state index is 0.0946. The Balaban J connectivity index is 2.13. The van der Waals surface area contributed by atoms with Crippen LogP contribution >= 0.6 is 0 Å². The van der Waals surface area contributed by atoms with Crippen LogP contribution in [0.1, 0.15) is 0 Å². The number of hydrogen-bond acceptors (Lipinski definition) is 5. The van der Waals surface area contributed by atoms with Crippen LogP contribution in [-0.4, -0.2) is 36.5 Å². The Morgan fingerprint density at radius 2 is 2.05 bits per heavy atom. The van der Waals surface area contributed by atoms with Gasteiger partial charge in [0.15, 0.2) is 0 Å². The van der Waals surface area contributed by atoms with Crippen molar-refractivity contribution in [2.24, 2.45) is 7.05 Å². The highest BCUT2D eigenvalue weighted by molar-refractivity contribution is 7.92. The third kappa shape index (κ3) is 3.49. The zero-order valence-corrected chi connectivity index (χ0v) is 11.7. The smallest absolute Gasteiger partial charge is 0.261 e. The summed E-state index contributed by atoms with van der Waals surface area (Å²) < 4.78 is 33.3. The van der Waals surface area contributed by atoms with Crippen molar-refractivity contribution in [1.82, 2.24) is 9.78 Å². The topological polar surface area (TPSA) is 93.5 Å². The van der Waals surface area contributed by atoms with Crippen LogP contribution in [0.25, 0.3) is 0 Å². The van der Waals surface area contributed by atoms with E-state index < -0.39 is 10.0 Å². The van der Waals surface area contributed by atoms with Gasteiger partial charge in [0.2, 0.25) is 0 Å². The van der Waals surface area contributed by atoms with Crippen LogP contribution in [0.15, 0.2) is 41.6 Å². The Labute approximate surface area is 116 Å². The summed E-state index contributed by atoms with van der Waals surface area (Å²) in [5.41, 5.74) is 0.396. The summed E-state index contributed by atoms with van der Waals surface area (Å²) in [6, 6.07) is 5.94. The molecule has 2 aromatic rings. The highest BCUT2D eigenvalue weighted by Crippen LogP contribution is 2.18. The molecule has 0 saturated carbocycles. The lowest BCUT2D eigenvalue weighted by molar-refractivity contribution is 0.201. The second-order valence-electron chi connectivity index (χ2n) is 4.05. The number of nitrogens with zero attached hydrogens (tertiary/aromatic N) is 2. The number of sulfonamides is 1. The lowest BCUT2D eigenvalue weighted by atomic mass is 10.3. The van der Waals surface area contributed by atoms with Crippen molar-refractivity contribution < 1.29 is 18.3 Å². The Morgan fingerprint density at radius 1 is 1.35 bits per heavy atom. The summed E-state index contributed by atoms with van der Waals surface area (Å²) in [6.45, 7) is 0.0721. The van der Waals surface area contributed by atoms with Crippen LogP contribution in [0.2, 0.25) is 0 Å². The standard InChI is InChI=1S/C12H15N3O4S/c1-15-9-10(8-13-15)14-20(17,18)12-4-2-11(3-5-12)19-7-6-16/h2-5,8-9,14,16H,6-7H2,1H3. The summed E-state index contributed by atoms with van der Waals surface area (Å²) in [4.78, 5) is 0.123. The van der Waals surface area contributed by atoms with Crippen molar-refractivity contribution in [3.8, 4) is 5.75 Å². The molecule has 1 heterocycles. The van der Waals surface area contributed by atoms with Crippen LogP contribution in [0.5, 0.6) is 5.75 Å². The van der Waals surface area contributed by atoms with Gasteiger partial charge < -0.3 is 9.84 Å². The number of hydrogen-bond donors (Lipinski definition) is 2. The molecule has 0 unspecified atom stereocenters. The molecule has 1 aromatic heterocycles. The number of nitrogens with one attached hydrogen (secondary N) is 1. The predicted octanol–water partition coefficient (Wildman–Crippen LogP) is 0.592. The van der Waals surface area contributed by atoms with Crippen LogP contribution < -0.4 is 9.46 Å². The zero-order chi connectivity index (χ0) is 14.6. The number of ether oxygens (including phenoxy) is 1.